The van der Waals surface area contributed by atoms with Gasteiger partial charge in [-0.25, -0.2) is 9.59 Å². The minimum atomic E-state index is -1.28. The Balaban J connectivity index is 5.45. The average molecular weight is 357 g/mol. The van der Waals surface area contributed by atoms with E-state index in [0.717, 1.165) is 0 Å². The quantitative estimate of drug-likeness (QED) is 0.535. The van der Waals surface area contributed by atoms with E-state index in [0.29, 0.717) is 0 Å². The highest BCUT2D eigenvalue weighted by Crippen LogP contribution is 2.29. The molecule has 1 amide bonds. The predicted molar refractivity (Wildman–Crippen MR) is 94.2 cm³/mol. The number of esters is 1. The van der Waals surface area contributed by atoms with Crippen LogP contribution in [-0.4, -0.2) is 40.4 Å². The normalized spacial score (nSPS) is 15.5. The summed E-state index contributed by atoms with van der Waals surface area (Å²) < 4.78 is 10.5. The molecule has 0 rings (SSSR count). The van der Waals surface area contributed by atoms with Crippen molar-refractivity contribution < 1.29 is 29.0 Å². The molecule has 0 saturated carbocycles. The number of rotatable bonds is 7. The summed E-state index contributed by atoms with van der Waals surface area (Å²) in [6.07, 6.45) is 0.642. The molecule has 25 heavy (non-hydrogen) atoms. The number of alkyl carbamates (subject to hydrolysis) is 1. The number of ether oxygens (including phenoxy) is 2. The maximum Gasteiger partial charge on any atom is 0.408 e. The van der Waals surface area contributed by atoms with E-state index in [-0.39, 0.29) is 12.8 Å². The van der Waals surface area contributed by atoms with Gasteiger partial charge in [-0.15, -0.1) is 6.58 Å². The molecule has 2 atom stereocenters. The monoisotopic (exact) mass is 357 g/mol. The number of carboxylic acid groups (broad SMARTS) is 1. The summed E-state index contributed by atoms with van der Waals surface area (Å²) in [5.41, 5.74) is -2.80. The standard InChI is InChI=1S/C18H31NO6/c1-9-10-18(8,14(21)22)11-12(13(20)24-16(2,3)4)19-15(23)25-17(5,6)7/h9,12H,1,10-11H2,2-8H3,(H,19,23)(H,21,22). The first kappa shape index (κ1) is 22.9. The highest BCUT2D eigenvalue weighted by Gasteiger charge is 2.39. The third-order valence-electron chi connectivity index (χ3n) is 3.15. The molecule has 0 heterocycles. The van der Waals surface area contributed by atoms with Crippen LogP contribution in [0.15, 0.2) is 12.7 Å². The van der Waals surface area contributed by atoms with Crippen LogP contribution < -0.4 is 5.32 Å². The molecule has 0 spiro atoms. The fraction of sp³-hybridized carbons (Fsp3) is 0.722. The molecule has 0 fully saturated rings. The van der Waals surface area contributed by atoms with Crippen molar-refractivity contribution in [3.8, 4) is 0 Å². The topological polar surface area (TPSA) is 102 Å². The molecule has 0 aliphatic carbocycles. The molecule has 144 valence electrons. The van der Waals surface area contributed by atoms with Crippen molar-refractivity contribution in [1.82, 2.24) is 5.32 Å². The van der Waals surface area contributed by atoms with Crippen molar-refractivity contribution in [3.05, 3.63) is 12.7 Å². The second kappa shape index (κ2) is 8.36. The van der Waals surface area contributed by atoms with Gasteiger partial charge in [0.2, 0.25) is 0 Å². The first-order valence-corrected chi connectivity index (χ1v) is 8.16. The zero-order valence-electron chi connectivity index (χ0n) is 16.3. The van der Waals surface area contributed by atoms with E-state index in [2.05, 4.69) is 11.9 Å². The summed E-state index contributed by atoms with van der Waals surface area (Å²) in [6.45, 7) is 15.2. The van der Waals surface area contributed by atoms with E-state index in [4.69, 9.17) is 9.47 Å². The van der Waals surface area contributed by atoms with Crippen molar-refractivity contribution in [3.63, 3.8) is 0 Å². The highest BCUT2D eigenvalue weighted by molar-refractivity contribution is 5.83. The van der Waals surface area contributed by atoms with Crippen LogP contribution >= 0.6 is 0 Å². The number of carbonyl (C=O) groups is 3. The second-order valence-corrected chi connectivity index (χ2v) is 8.30. The van der Waals surface area contributed by atoms with Crippen molar-refractivity contribution in [1.29, 1.82) is 0 Å². The summed E-state index contributed by atoms with van der Waals surface area (Å²) in [5, 5.41) is 11.9. The lowest BCUT2D eigenvalue weighted by Crippen LogP contribution is -2.49. The molecule has 0 radical (unpaired) electrons. The van der Waals surface area contributed by atoms with E-state index in [1.165, 1.54) is 13.0 Å². The van der Waals surface area contributed by atoms with Gasteiger partial charge in [0.15, 0.2) is 0 Å². The van der Waals surface area contributed by atoms with Gasteiger partial charge in [-0.05, 0) is 61.3 Å². The van der Waals surface area contributed by atoms with E-state index in [9.17, 15) is 19.5 Å². The summed E-state index contributed by atoms with van der Waals surface area (Å²) in [7, 11) is 0. The minimum absolute atomic E-state index is 0.137. The van der Waals surface area contributed by atoms with E-state index < -0.39 is 40.7 Å². The van der Waals surface area contributed by atoms with Crippen molar-refractivity contribution in [2.75, 3.05) is 0 Å². The summed E-state index contributed by atoms with van der Waals surface area (Å²) in [6, 6.07) is -1.16. The van der Waals surface area contributed by atoms with Crippen LogP contribution in [0.3, 0.4) is 0 Å². The molecular weight excluding hydrogens is 326 g/mol. The van der Waals surface area contributed by atoms with Crippen LogP contribution in [0.1, 0.15) is 61.3 Å². The average Bonchev–Trinajstić information content (AvgIpc) is 2.33. The number of carbonyl (C=O) groups excluding carboxylic acids is 2. The maximum absolute atomic E-state index is 12.5. The first-order valence-electron chi connectivity index (χ1n) is 8.16. The van der Waals surface area contributed by atoms with Crippen molar-refractivity contribution in [2.45, 2.75) is 78.6 Å². The third-order valence-corrected chi connectivity index (χ3v) is 3.15. The van der Waals surface area contributed by atoms with Gasteiger partial charge in [0.25, 0.3) is 0 Å². The Morgan fingerprint density at radius 2 is 1.52 bits per heavy atom. The van der Waals surface area contributed by atoms with Crippen LogP contribution in [-0.2, 0) is 19.1 Å². The molecule has 0 aromatic heterocycles. The molecule has 7 nitrogen and oxygen atoms in total. The zero-order chi connectivity index (χ0) is 20.1. The Morgan fingerprint density at radius 3 is 1.88 bits per heavy atom. The van der Waals surface area contributed by atoms with Crippen LogP contribution in [0.4, 0.5) is 4.79 Å². The molecule has 2 N–H and O–H groups in total. The molecule has 7 heteroatoms. The Kier molecular flexibility index (Phi) is 7.67. The minimum Gasteiger partial charge on any atom is -0.481 e. The number of hydrogen-bond donors (Lipinski definition) is 2. The van der Waals surface area contributed by atoms with Crippen molar-refractivity contribution >= 4 is 18.0 Å². The zero-order valence-corrected chi connectivity index (χ0v) is 16.3. The lowest BCUT2D eigenvalue weighted by atomic mass is 9.80. The lowest BCUT2D eigenvalue weighted by molar-refractivity contribution is -0.159. The van der Waals surface area contributed by atoms with Crippen LogP contribution in [0.25, 0.3) is 0 Å². The second-order valence-electron chi connectivity index (χ2n) is 8.30. The lowest BCUT2D eigenvalue weighted by Gasteiger charge is -2.31. The molecule has 0 saturated heterocycles. The molecule has 0 aromatic rings. The largest absolute Gasteiger partial charge is 0.481 e. The van der Waals surface area contributed by atoms with Crippen LogP contribution in [0.2, 0.25) is 0 Å². The molecule has 2 unspecified atom stereocenters. The van der Waals surface area contributed by atoms with Crippen molar-refractivity contribution in [2.24, 2.45) is 5.41 Å². The maximum atomic E-state index is 12.5. The predicted octanol–water partition coefficient (Wildman–Crippen LogP) is 3.28. The highest BCUT2D eigenvalue weighted by atomic mass is 16.6. The fourth-order valence-corrected chi connectivity index (χ4v) is 2.04. The number of carboxylic acids is 1. The molecular formula is C18H31NO6. The first-order chi connectivity index (χ1) is 11.1. The summed E-state index contributed by atoms with van der Waals surface area (Å²) >= 11 is 0. The van der Waals surface area contributed by atoms with Gasteiger partial charge >= 0.3 is 18.0 Å². The Labute approximate surface area is 149 Å². The smallest absolute Gasteiger partial charge is 0.408 e. The molecule has 0 aliphatic heterocycles. The van der Waals surface area contributed by atoms with Gasteiger partial charge in [0.05, 0.1) is 5.41 Å². The number of nitrogens with one attached hydrogen (secondary N) is 1. The van der Waals surface area contributed by atoms with E-state index in [1.54, 1.807) is 41.5 Å². The van der Waals surface area contributed by atoms with E-state index >= 15 is 0 Å². The summed E-state index contributed by atoms with van der Waals surface area (Å²) in [4.78, 5) is 36.1. The van der Waals surface area contributed by atoms with Gasteiger partial charge < -0.3 is 19.9 Å². The third kappa shape index (κ3) is 9.12. The van der Waals surface area contributed by atoms with Gasteiger partial charge in [-0.2, -0.15) is 0 Å². The Morgan fingerprint density at radius 1 is 1.04 bits per heavy atom. The fourth-order valence-electron chi connectivity index (χ4n) is 2.04. The van der Waals surface area contributed by atoms with Gasteiger partial charge in [-0.3, -0.25) is 4.79 Å². The van der Waals surface area contributed by atoms with Crippen LogP contribution in [0, 0.1) is 5.41 Å². The van der Waals surface area contributed by atoms with E-state index in [1.807, 2.05) is 0 Å². The van der Waals surface area contributed by atoms with Crippen LogP contribution in [0.5, 0.6) is 0 Å². The van der Waals surface area contributed by atoms with Gasteiger partial charge in [-0.1, -0.05) is 6.08 Å². The number of aliphatic carboxylic acids is 1. The molecule has 0 aliphatic rings. The number of allylic oxidation sites excluding steroid dienone is 1. The van der Waals surface area contributed by atoms with Gasteiger partial charge in [0, 0.05) is 0 Å². The summed E-state index contributed by atoms with van der Waals surface area (Å²) in [5.74, 6) is -1.80. The molecule has 0 aromatic carbocycles. The SMILES string of the molecule is C=CCC(C)(CC(NC(=O)OC(C)(C)C)C(=O)OC(C)(C)C)C(=O)O. The Bertz CT molecular complexity index is 515. The number of amides is 1. The molecule has 0 bridgehead atoms. The number of hydrogen-bond acceptors (Lipinski definition) is 5. The van der Waals surface area contributed by atoms with Gasteiger partial charge in [0.1, 0.15) is 17.2 Å². The Hall–Kier alpha value is -2.05.